The maximum Gasteiger partial charge on any atom is 0.140 e. The molecule has 19 heavy (non-hydrogen) atoms. The largest absolute Gasteiger partial charge is 0.395 e. The summed E-state index contributed by atoms with van der Waals surface area (Å²) in [6.45, 7) is 2.74. The molecule has 1 aliphatic rings. The average Bonchev–Trinajstić information content (AvgIpc) is 3.08. The van der Waals surface area contributed by atoms with Crippen LogP contribution in [0, 0.1) is 0 Å². The normalized spacial score (nSPS) is 19.1. The number of hydrogen-bond donors (Lipinski definition) is 2. The molecule has 3 heterocycles. The van der Waals surface area contributed by atoms with Crippen LogP contribution < -0.4 is 10.2 Å². The summed E-state index contributed by atoms with van der Waals surface area (Å²) in [6.07, 6.45) is 4.04. The smallest absolute Gasteiger partial charge is 0.140 e. The molecule has 1 saturated heterocycles. The number of thiophene rings is 1. The molecule has 0 amide bonds. The van der Waals surface area contributed by atoms with Crippen molar-refractivity contribution >= 4 is 27.4 Å². The van der Waals surface area contributed by atoms with Crippen molar-refractivity contribution < 1.29 is 5.11 Å². The van der Waals surface area contributed by atoms with Crippen LogP contribution in [0.1, 0.15) is 12.8 Å². The van der Waals surface area contributed by atoms with Crippen LogP contribution in [-0.4, -0.2) is 47.4 Å². The quantitative estimate of drug-likeness (QED) is 0.862. The van der Waals surface area contributed by atoms with Crippen molar-refractivity contribution in [3.05, 3.63) is 17.8 Å². The van der Waals surface area contributed by atoms with Crippen LogP contribution in [0.3, 0.4) is 0 Å². The Bertz CT molecular complexity index is 538. The van der Waals surface area contributed by atoms with Crippen molar-refractivity contribution in [2.75, 3.05) is 31.1 Å². The second kappa shape index (κ2) is 5.81. The highest BCUT2D eigenvalue weighted by atomic mass is 32.1. The second-order valence-electron chi connectivity index (χ2n) is 4.80. The zero-order valence-electron chi connectivity index (χ0n) is 10.7. The van der Waals surface area contributed by atoms with Gasteiger partial charge in [-0.2, -0.15) is 0 Å². The minimum atomic E-state index is 0.141. The van der Waals surface area contributed by atoms with E-state index in [0.29, 0.717) is 12.6 Å². The molecule has 0 radical (unpaired) electrons. The van der Waals surface area contributed by atoms with E-state index in [4.69, 9.17) is 0 Å². The van der Waals surface area contributed by atoms with Gasteiger partial charge in [0.05, 0.1) is 12.0 Å². The minimum Gasteiger partial charge on any atom is -0.395 e. The highest BCUT2D eigenvalue weighted by Crippen LogP contribution is 2.27. The van der Waals surface area contributed by atoms with Crippen LogP contribution in [0.25, 0.3) is 10.2 Å². The van der Waals surface area contributed by atoms with Crippen molar-refractivity contribution in [3.8, 4) is 0 Å². The number of aliphatic hydroxyl groups excluding tert-OH is 1. The van der Waals surface area contributed by atoms with Gasteiger partial charge in [-0.05, 0) is 30.8 Å². The topological polar surface area (TPSA) is 61.3 Å². The number of fused-ring (bicyclic) bond motifs is 1. The fourth-order valence-electron chi connectivity index (χ4n) is 2.61. The van der Waals surface area contributed by atoms with E-state index < -0.39 is 0 Å². The lowest BCUT2D eigenvalue weighted by molar-refractivity contribution is 0.300. The molecule has 1 unspecified atom stereocenters. The van der Waals surface area contributed by atoms with Gasteiger partial charge < -0.3 is 15.3 Å². The van der Waals surface area contributed by atoms with Gasteiger partial charge in [0.2, 0.25) is 0 Å². The molecule has 1 aliphatic heterocycles. The molecule has 6 heteroatoms. The van der Waals surface area contributed by atoms with Gasteiger partial charge in [-0.1, -0.05) is 0 Å². The molecule has 3 rings (SSSR count). The Morgan fingerprint density at radius 1 is 1.47 bits per heavy atom. The number of aliphatic hydroxyl groups is 1. The molecule has 0 spiro atoms. The van der Waals surface area contributed by atoms with Crippen molar-refractivity contribution in [1.82, 2.24) is 15.3 Å². The van der Waals surface area contributed by atoms with E-state index in [1.54, 1.807) is 17.7 Å². The van der Waals surface area contributed by atoms with Crippen LogP contribution in [0.5, 0.6) is 0 Å². The fourth-order valence-corrected chi connectivity index (χ4v) is 3.34. The van der Waals surface area contributed by atoms with E-state index >= 15 is 0 Å². The van der Waals surface area contributed by atoms with Crippen LogP contribution >= 0.6 is 11.3 Å². The summed E-state index contributed by atoms with van der Waals surface area (Å²) < 4.78 is 0. The summed E-state index contributed by atoms with van der Waals surface area (Å²) in [4.78, 5) is 11.9. The summed E-state index contributed by atoms with van der Waals surface area (Å²) in [5.41, 5.74) is 0. The summed E-state index contributed by atoms with van der Waals surface area (Å²) >= 11 is 1.62. The molecule has 1 fully saturated rings. The number of anilines is 1. The van der Waals surface area contributed by atoms with Crippen LogP contribution in [0.4, 0.5) is 5.82 Å². The first-order chi connectivity index (χ1) is 9.38. The molecule has 102 valence electrons. The first-order valence-corrected chi connectivity index (χ1v) is 7.54. The highest BCUT2D eigenvalue weighted by molar-refractivity contribution is 7.16. The minimum absolute atomic E-state index is 0.141. The monoisotopic (exact) mass is 278 g/mol. The number of nitrogens with one attached hydrogen (secondary N) is 1. The Hall–Kier alpha value is -1.24. The summed E-state index contributed by atoms with van der Waals surface area (Å²) in [7, 11) is 0. The summed E-state index contributed by atoms with van der Waals surface area (Å²) in [5.74, 6) is 0.939. The van der Waals surface area contributed by atoms with Gasteiger partial charge in [-0.25, -0.2) is 9.97 Å². The van der Waals surface area contributed by atoms with Crippen molar-refractivity contribution in [2.24, 2.45) is 0 Å². The molecular weight excluding hydrogens is 260 g/mol. The Morgan fingerprint density at radius 3 is 3.21 bits per heavy atom. The SMILES string of the molecule is OCCN(CC1CCCN1)c1ncnc2sccc12. The first kappa shape index (κ1) is 12.8. The van der Waals surface area contributed by atoms with Crippen molar-refractivity contribution in [3.63, 3.8) is 0 Å². The maximum atomic E-state index is 9.29. The Balaban J connectivity index is 1.87. The van der Waals surface area contributed by atoms with Gasteiger partial charge in [-0.3, -0.25) is 0 Å². The van der Waals surface area contributed by atoms with Gasteiger partial charge in [0, 0.05) is 19.1 Å². The van der Waals surface area contributed by atoms with E-state index in [1.807, 2.05) is 5.38 Å². The molecule has 2 N–H and O–H groups in total. The number of aromatic nitrogens is 2. The third-order valence-electron chi connectivity index (χ3n) is 3.51. The lowest BCUT2D eigenvalue weighted by Crippen LogP contribution is -2.39. The molecule has 0 aromatic carbocycles. The lowest BCUT2D eigenvalue weighted by Gasteiger charge is -2.26. The predicted octanol–water partition coefficient (Wildman–Crippen LogP) is 1.24. The van der Waals surface area contributed by atoms with E-state index in [2.05, 4.69) is 26.3 Å². The Kier molecular flexibility index (Phi) is 3.91. The van der Waals surface area contributed by atoms with Gasteiger partial charge in [-0.15, -0.1) is 11.3 Å². The van der Waals surface area contributed by atoms with E-state index in [1.165, 1.54) is 12.8 Å². The van der Waals surface area contributed by atoms with Gasteiger partial charge in [0.15, 0.2) is 0 Å². The predicted molar refractivity (Wildman–Crippen MR) is 77.7 cm³/mol. The second-order valence-corrected chi connectivity index (χ2v) is 5.69. The molecule has 0 bridgehead atoms. The molecule has 0 aliphatic carbocycles. The molecule has 0 saturated carbocycles. The summed E-state index contributed by atoms with van der Waals surface area (Å²) in [6, 6.07) is 2.55. The molecular formula is C13H18N4OS. The molecule has 5 nitrogen and oxygen atoms in total. The average molecular weight is 278 g/mol. The third kappa shape index (κ3) is 2.70. The number of nitrogens with zero attached hydrogens (tertiary/aromatic N) is 3. The number of rotatable bonds is 5. The third-order valence-corrected chi connectivity index (χ3v) is 4.33. The van der Waals surface area contributed by atoms with Gasteiger partial charge in [0.25, 0.3) is 0 Å². The van der Waals surface area contributed by atoms with Crippen LogP contribution in [0.15, 0.2) is 17.8 Å². The zero-order chi connectivity index (χ0) is 13.1. The lowest BCUT2D eigenvalue weighted by atomic mass is 10.2. The van der Waals surface area contributed by atoms with E-state index in [-0.39, 0.29) is 6.61 Å². The maximum absolute atomic E-state index is 9.29. The van der Waals surface area contributed by atoms with Gasteiger partial charge >= 0.3 is 0 Å². The summed E-state index contributed by atoms with van der Waals surface area (Å²) in [5, 5.41) is 15.9. The number of hydrogen-bond acceptors (Lipinski definition) is 6. The molecule has 2 aromatic rings. The van der Waals surface area contributed by atoms with Gasteiger partial charge in [0.1, 0.15) is 17.0 Å². The fraction of sp³-hybridized carbons (Fsp3) is 0.538. The van der Waals surface area contributed by atoms with E-state index in [0.717, 1.165) is 29.1 Å². The first-order valence-electron chi connectivity index (χ1n) is 6.66. The van der Waals surface area contributed by atoms with E-state index in [9.17, 15) is 5.11 Å². The van der Waals surface area contributed by atoms with Crippen LogP contribution in [0.2, 0.25) is 0 Å². The molecule has 1 atom stereocenters. The van der Waals surface area contributed by atoms with Crippen LogP contribution in [-0.2, 0) is 0 Å². The van der Waals surface area contributed by atoms with Crippen molar-refractivity contribution in [1.29, 1.82) is 0 Å². The highest BCUT2D eigenvalue weighted by Gasteiger charge is 2.20. The van der Waals surface area contributed by atoms with Crippen molar-refractivity contribution in [2.45, 2.75) is 18.9 Å². The standard InChI is InChI=1S/C13H18N4OS/c18-6-5-17(8-10-2-1-4-14-10)12-11-3-7-19-13(11)16-9-15-12/h3,7,9-10,14,18H,1-2,4-6,8H2. The zero-order valence-corrected chi connectivity index (χ0v) is 11.6. The molecule has 2 aromatic heterocycles. The Morgan fingerprint density at radius 2 is 2.42 bits per heavy atom. The Labute approximate surface area is 116 Å².